The Morgan fingerprint density at radius 2 is 0.550 bits per heavy atom. The molecule has 0 spiro atoms. The van der Waals surface area contributed by atoms with Crippen LogP contribution in [0, 0.1) is 5.92 Å². The number of unbranched alkanes of at least 4 members (excludes halogenated alkanes) is 1. The van der Waals surface area contributed by atoms with Gasteiger partial charge in [-0.1, -0.05) is 350 Å². The third-order valence-corrected chi connectivity index (χ3v) is 26.8. The van der Waals surface area contributed by atoms with Crippen molar-refractivity contribution in [2.75, 3.05) is 0 Å². The molecule has 3 heteroatoms. The molecule has 3 heterocycles. The summed E-state index contributed by atoms with van der Waals surface area (Å²) in [5, 5.41) is 24.0. The van der Waals surface area contributed by atoms with Crippen molar-refractivity contribution in [1.82, 2.24) is 0 Å². The third kappa shape index (κ3) is 13.1. The highest BCUT2D eigenvalue weighted by Crippen LogP contribution is 2.47. The summed E-state index contributed by atoms with van der Waals surface area (Å²) in [4.78, 5) is 0. The summed E-state index contributed by atoms with van der Waals surface area (Å²) in [5.41, 5.74) is 19.7. The molecule has 0 aliphatic rings. The fraction of sp³-hybridized carbons (Fsp3) is 0.111. The standard InChI is InChI=1S/3C36H28S/c1-23(2)20-24-14-15-27-22-34(30-9-4-3-8-29(30)33(27)21-24)26-18-16-25(17-19-26)28-11-7-12-32-31-10-5-6-13-35(31)37-36(28)32;1-3-23(2)26-19-20-27-22-33(29-9-4-5-10-30(29)34(27)21-26)25-17-15-24(16-18-25)28-12-8-13-32-31-11-6-7-14-35(31)37-36(28)32;1-2-3-9-24-16-17-27-23-34(30-11-5-4-10-29(30)33(27)22-24)26-20-18-25(19-21-26)28-13-8-14-32-31-12-6-7-15-35(31)37-36(28)32/h3-19,21-23H,20H2,1-2H3;4-23H,3H2,1-2H3;4-8,10-23H,2-3,9H2,1H3. The molecule has 0 aliphatic heterocycles. The van der Waals surface area contributed by atoms with Crippen LogP contribution in [0.5, 0.6) is 0 Å². The van der Waals surface area contributed by atoms with Gasteiger partial charge < -0.3 is 0 Å². The van der Waals surface area contributed by atoms with Crippen molar-refractivity contribution in [2.45, 2.75) is 72.6 Å². The van der Waals surface area contributed by atoms with E-state index in [0.29, 0.717) is 11.8 Å². The van der Waals surface area contributed by atoms with Crippen LogP contribution in [0.4, 0.5) is 0 Å². The van der Waals surface area contributed by atoms with E-state index in [2.05, 4.69) is 380 Å². The van der Waals surface area contributed by atoms with Gasteiger partial charge in [0.05, 0.1) is 0 Å². The zero-order valence-corrected chi connectivity index (χ0v) is 65.8. The molecule has 1 unspecified atom stereocenters. The Labute approximate surface area is 661 Å². The van der Waals surface area contributed by atoms with E-state index < -0.39 is 0 Å². The SMILES string of the molecule is CC(C)Cc1ccc2cc(-c3ccc(-c4cccc5c4sc4ccccc45)cc3)c3ccccc3c2c1.CCC(C)c1ccc2cc(-c3ccc(-c4cccc5c4sc4ccccc45)cc3)c3ccccc3c2c1.CCCCc1ccc2cc(-c3ccc(-c4cccc5c4sc4ccccc45)cc3)c3ccccc3c2c1. The molecule has 0 bridgehead atoms. The summed E-state index contributed by atoms with van der Waals surface area (Å²) >= 11 is 5.68. The molecule has 0 saturated carbocycles. The maximum Gasteiger partial charge on any atom is 0.0433 e. The van der Waals surface area contributed by atoms with E-state index in [9.17, 15) is 0 Å². The number of aryl methyl sites for hydroxylation is 1. The second kappa shape index (κ2) is 29.9. The largest absolute Gasteiger partial charge is 0.135 e. The van der Waals surface area contributed by atoms with Crippen molar-refractivity contribution in [3.63, 3.8) is 0 Å². The normalized spacial score (nSPS) is 12.1. The summed E-state index contributed by atoms with van der Waals surface area (Å²) in [5.74, 6) is 1.22. The van der Waals surface area contributed by atoms with Crippen LogP contribution in [-0.4, -0.2) is 0 Å². The first kappa shape index (κ1) is 69.6. The van der Waals surface area contributed by atoms with E-state index in [4.69, 9.17) is 0 Å². The van der Waals surface area contributed by atoms with Gasteiger partial charge in [-0.15, -0.1) is 34.0 Å². The summed E-state index contributed by atoms with van der Waals surface area (Å²) < 4.78 is 8.14. The fourth-order valence-electron chi connectivity index (χ4n) is 17.2. The minimum absolute atomic E-state index is 0.570. The van der Waals surface area contributed by atoms with Gasteiger partial charge in [0.1, 0.15) is 0 Å². The lowest BCUT2D eigenvalue weighted by molar-refractivity contribution is 0.648. The van der Waals surface area contributed by atoms with E-state index in [-0.39, 0.29) is 0 Å². The highest BCUT2D eigenvalue weighted by molar-refractivity contribution is 7.27. The maximum atomic E-state index is 2.41. The van der Waals surface area contributed by atoms with Crippen LogP contribution in [0.25, 0.3) is 192 Å². The summed E-state index contributed by atoms with van der Waals surface area (Å²) in [6.45, 7) is 11.4. The molecule has 0 radical (unpaired) electrons. The molecule has 18 aromatic carbocycles. The Balaban J connectivity index is 0.000000112. The predicted molar refractivity (Wildman–Crippen MR) is 492 cm³/mol. The first-order valence-electron chi connectivity index (χ1n) is 39.5. The fourth-order valence-corrected chi connectivity index (χ4v) is 20.9. The lowest BCUT2D eigenvalue weighted by Crippen LogP contribution is -1.94. The van der Waals surface area contributed by atoms with Gasteiger partial charge >= 0.3 is 0 Å². The number of benzene rings is 18. The molecule has 534 valence electrons. The van der Waals surface area contributed by atoms with Gasteiger partial charge in [-0.25, -0.2) is 0 Å². The lowest BCUT2D eigenvalue weighted by atomic mass is 9.89. The molecule has 0 saturated heterocycles. The topological polar surface area (TPSA) is 0 Å². The Bertz CT molecular complexity index is 7100. The Morgan fingerprint density at radius 3 is 0.910 bits per heavy atom. The van der Waals surface area contributed by atoms with Crippen LogP contribution in [0.3, 0.4) is 0 Å². The maximum absolute atomic E-state index is 2.41. The number of rotatable bonds is 13. The third-order valence-electron chi connectivity index (χ3n) is 23.1. The molecular formula is C108H84S3. The Hall–Kier alpha value is -11.8. The molecule has 0 aliphatic carbocycles. The summed E-state index contributed by atoms with van der Waals surface area (Å²) in [7, 11) is 0. The lowest BCUT2D eigenvalue weighted by Gasteiger charge is -2.15. The van der Waals surface area contributed by atoms with Crippen molar-refractivity contribution >= 4 is 159 Å². The molecule has 0 amide bonds. The van der Waals surface area contributed by atoms with Crippen LogP contribution in [-0.2, 0) is 12.8 Å². The Kier molecular flexibility index (Phi) is 18.7. The van der Waals surface area contributed by atoms with E-state index >= 15 is 0 Å². The van der Waals surface area contributed by atoms with Gasteiger partial charge in [0.2, 0.25) is 0 Å². The molecule has 21 rings (SSSR count). The number of hydrogen-bond acceptors (Lipinski definition) is 3. The second-order valence-electron chi connectivity index (χ2n) is 30.6. The van der Waals surface area contributed by atoms with Gasteiger partial charge in [0.15, 0.2) is 0 Å². The number of hydrogen-bond donors (Lipinski definition) is 0. The summed E-state index contributed by atoms with van der Waals surface area (Å²) in [6.07, 6.45) is 5.88. The first-order chi connectivity index (χ1) is 54.7. The Morgan fingerprint density at radius 1 is 0.243 bits per heavy atom. The van der Waals surface area contributed by atoms with Crippen molar-refractivity contribution in [2.24, 2.45) is 5.92 Å². The van der Waals surface area contributed by atoms with E-state index in [1.165, 1.54) is 221 Å². The average Bonchev–Trinajstić information content (AvgIpc) is 1.27. The van der Waals surface area contributed by atoms with Gasteiger partial charge in [0.25, 0.3) is 0 Å². The van der Waals surface area contributed by atoms with E-state index in [1.807, 2.05) is 34.0 Å². The monoisotopic (exact) mass is 1480 g/mol. The minimum Gasteiger partial charge on any atom is -0.135 e. The van der Waals surface area contributed by atoms with E-state index in [0.717, 1.165) is 19.3 Å². The van der Waals surface area contributed by atoms with Gasteiger partial charge in [-0.2, -0.15) is 0 Å². The van der Waals surface area contributed by atoms with Crippen molar-refractivity contribution in [3.8, 4) is 66.8 Å². The van der Waals surface area contributed by atoms with Crippen LogP contribution < -0.4 is 0 Å². The zero-order chi connectivity index (χ0) is 74.6. The molecule has 0 nitrogen and oxygen atoms in total. The molecular weight excluding hydrogens is 1390 g/mol. The van der Waals surface area contributed by atoms with Gasteiger partial charge in [-0.3, -0.25) is 0 Å². The molecule has 21 aromatic rings. The average molecular weight is 1480 g/mol. The molecule has 111 heavy (non-hydrogen) atoms. The van der Waals surface area contributed by atoms with Crippen LogP contribution in [0.2, 0.25) is 0 Å². The molecule has 0 fully saturated rings. The van der Waals surface area contributed by atoms with E-state index in [1.54, 1.807) is 0 Å². The van der Waals surface area contributed by atoms with Crippen LogP contribution in [0.15, 0.2) is 346 Å². The number of thiophene rings is 3. The van der Waals surface area contributed by atoms with Crippen molar-refractivity contribution < 1.29 is 0 Å². The number of fused-ring (bicyclic) bond motifs is 18. The van der Waals surface area contributed by atoms with Crippen molar-refractivity contribution in [3.05, 3.63) is 362 Å². The second-order valence-corrected chi connectivity index (χ2v) is 33.7. The van der Waals surface area contributed by atoms with Crippen molar-refractivity contribution in [1.29, 1.82) is 0 Å². The highest BCUT2D eigenvalue weighted by Gasteiger charge is 2.19. The quantitative estimate of drug-likeness (QED) is 0.101. The molecule has 3 aromatic heterocycles. The zero-order valence-electron chi connectivity index (χ0n) is 63.3. The predicted octanol–water partition coefficient (Wildman–Crippen LogP) is 33.1. The van der Waals surface area contributed by atoms with Crippen LogP contribution >= 0.6 is 34.0 Å². The molecule has 1 atom stereocenters. The summed E-state index contributed by atoms with van der Waals surface area (Å²) in [6, 6.07) is 129. The smallest absolute Gasteiger partial charge is 0.0433 e. The van der Waals surface area contributed by atoms with Gasteiger partial charge in [-0.05, 0) is 222 Å². The van der Waals surface area contributed by atoms with Crippen LogP contribution in [0.1, 0.15) is 76.5 Å². The first-order valence-corrected chi connectivity index (χ1v) is 42.0. The highest BCUT2D eigenvalue weighted by atomic mass is 32.1. The molecule has 0 N–H and O–H groups in total. The van der Waals surface area contributed by atoms with Gasteiger partial charge in [0, 0.05) is 60.5 Å². The minimum atomic E-state index is 0.570.